The number of benzene rings is 2. The number of carboxylic acid groups (broad SMARTS) is 2. The molecular formula is C28H38CoN2O6. The number of aryl methyl sites for hydroxylation is 2. The van der Waals surface area contributed by atoms with Gasteiger partial charge in [-0.05, 0) is 73.9 Å². The maximum atomic E-state index is 10.4. The number of phenolic OH excluding ortho intramolecular Hbond substituents is 2. The third-order valence-corrected chi connectivity index (χ3v) is 4.69. The van der Waals surface area contributed by atoms with Crippen LogP contribution in [0.3, 0.4) is 0 Å². The molecule has 0 amide bonds. The van der Waals surface area contributed by atoms with Crippen molar-refractivity contribution in [1.29, 1.82) is 0 Å². The van der Waals surface area contributed by atoms with Crippen LogP contribution in [0.2, 0.25) is 0 Å². The number of phenols is 2. The monoisotopic (exact) mass is 557 g/mol. The van der Waals surface area contributed by atoms with Crippen LogP contribution in [0.4, 0.5) is 0 Å². The van der Waals surface area contributed by atoms with Gasteiger partial charge >= 0.3 is 16.8 Å². The van der Waals surface area contributed by atoms with Crippen molar-refractivity contribution in [3.8, 4) is 11.5 Å². The number of aliphatic imine (C=N–C) groups is 2. The van der Waals surface area contributed by atoms with Crippen LogP contribution in [0.25, 0.3) is 0 Å². The van der Waals surface area contributed by atoms with Gasteiger partial charge in [-0.25, -0.2) is 0 Å². The fourth-order valence-corrected chi connectivity index (χ4v) is 3.19. The third kappa shape index (κ3) is 14.9. The zero-order valence-electron chi connectivity index (χ0n) is 22.8. The molecule has 205 valence electrons. The van der Waals surface area contributed by atoms with Crippen molar-refractivity contribution < 1.29 is 46.8 Å². The van der Waals surface area contributed by atoms with Gasteiger partial charge in [0.25, 0.3) is 0 Å². The van der Waals surface area contributed by atoms with Gasteiger partial charge in [0.2, 0.25) is 0 Å². The summed E-state index contributed by atoms with van der Waals surface area (Å²) >= 11 is 0. The van der Waals surface area contributed by atoms with E-state index in [9.17, 15) is 10.2 Å². The first-order chi connectivity index (χ1) is 16.7. The van der Waals surface area contributed by atoms with Gasteiger partial charge in [-0.15, -0.1) is 0 Å². The van der Waals surface area contributed by atoms with Crippen molar-refractivity contribution in [2.24, 2.45) is 9.98 Å². The van der Waals surface area contributed by atoms with Crippen LogP contribution < -0.4 is 10.2 Å². The second-order valence-corrected chi connectivity index (χ2v) is 8.95. The van der Waals surface area contributed by atoms with E-state index in [4.69, 9.17) is 19.8 Å². The Kier molecular flexibility index (Phi) is 17.6. The van der Waals surface area contributed by atoms with Gasteiger partial charge in [-0.2, -0.15) is 0 Å². The molecule has 0 saturated carbocycles. The van der Waals surface area contributed by atoms with E-state index < -0.39 is 11.9 Å². The summed E-state index contributed by atoms with van der Waals surface area (Å²) in [5.74, 6) is -1.04. The molecule has 0 spiro atoms. The molecule has 9 heteroatoms. The molecule has 0 aliphatic heterocycles. The molecule has 0 heterocycles. The molecule has 0 unspecified atom stereocenters. The summed E-state index contributed by atoms with van der Waals surface area (Å²) < 4.78 is 0. The van der Waals surface area contributed by atoms with Crippen molar-refractivity contribution in [3.05, 3.63) is 57.6 Å². The number of carbonyl (C=O) groups is 2. The average molecular weight is 558 g/mol. The molecule has 0 saturated heterocycles. The minimum atomic E-state index is -1.08. The topological polar surface area (TPSA) is 145 Å². The van der Waals surface area contributed by atoms with E-state index in [1.165, 1.54) is 0 Å². The van der Waals surface area contributed by atoms with Crippen LogP contribution in [0, 0.1) is 13.8 Å². The largest absolute Gasteiger partial charge is 2.00 e. The first kappa shape index (κ1) is 36.0. The minimum Gasteiger partial charge on any atom is -0.550 e. The van der Waals surface area contributed by atoms with Gasteiger partial charge in [0, 0.05) is 35.5 Å². The molecule has 1 radical (unpaired) electrons. The zero-order valence-corrected chi connectivity index (χ0v) is 23.8. The van der Waals surface area contributed by atoms with E-state index in [0.717, 1.165) is 47.2 Å². The van der Waals surface area contributed by atoms with Crippen molar-refractivity contribution >= 4 is 24.4 Å². The zero-order chi connectivity index (χ0) is 28.0. The Bertz CT molecular complexity index is 985. The van der Waals surface area contributed by atoms with Gasteiger partial charge in [0.05, 0.1) is 13.1 Å². The van der Waals surface area contributed by atoms with Crippen LogP contribution in [0.1, 0.15) is 86.8 Å². The van der Waals surface area contributed by atoms with Gasteiger partial charge in [-0.3, -0.25) is 9.98 Å². The fraction of sp³-hybridized carbons (Fsp3) is 0.429. The summed E-state index contributed by atoms with van der Waals surface area (Å²) in [6.45, 7) is 15.3. The third-order valence-electron chi connectivity index (χ3n) is 4.69. The quantitative estimate of drug-likeness (QED) is 0.395. The fourth-order valence-electron chi connectivity index (χ4n) is 3.19. The van der Waals surface area contributed by atoms with E-state index in [2.05, 4.69) is 37.7 Å². The Hall–Kier alpha value is -3.17. The molecule has 2 aromatic rings. The number of rotatable bonds is 7. The maximum absolute atomic E-state index is 10.4. The van der Waals surface area contributed by atoms with Crippen LogP contribution in [0.15, 0.2) is 34.3 Å². The Morgan fingerprint density at radius 1 is 0.757 bits per heavy atom. The van der Waals surface area contributed by atoms with Crippen molar-refractivity contribution in [3.63, 3.8) is 0 Å². The molecule has 0 aliphatic carbocycles. The van der Waals surface area contributed by atoms with E-state index in [1.54, 1.807) is 12.4 Å². The first-order valence-electron chi connectivity index (χ1n) is 11.7. The molecular weight excluding hydrogens is 519 g/mol. The van der Waals surface area contributed by atoms with E-state index in [1.807, 2.05) is 38.1 Å². The number of nitrogens with zero attached hydrogens (tertiary/aromatic N) is 2. The van der Waals surface area contributed by atoms with E-state index >= 15 is 0 Å². The predicted molar refractivity (Wildman–Crippen MR) is 140 cm³/mol. The summed E-state index contributed by atoms with van der Waals surface area (Å²) in [6.07, 6.45) is 3.43. The van der Waals surface area contributed by atoms with Gasteiger partial charge in [0.1, 0.15) is 11.5 Å². The predicted octanol–water partition coefficient (Wildman–Crippen LogP) is 3.01. The summed E-state index contributed by atoms with van der Waals surface area (Å²) in [7, 11) is 0. The normalized spacial score (nSPS) is 10.5. The number of hydrogen-bond acceptors (Lipinski definition) is 8. The Morgan fingerprint density at radius 3 is 1.27 bits per heavy atom. The van der Waals surface area contributed by atoms with Crippen molar-refractivity contribution in [2.45, 2.75) is 67.2 Å². The smallest absolute Gasteiger partial charge is 0.550 e. The van der Waals surface area contributed by atoms with Crippen LogP contribution in [-0.2, 0) is 26.4 Å². The average Bonchev–Trinajstić information content (AvgIpc) is 2.73. The van der Waals surface area contributed by atoms with Crippen molar-refractivity contribution in [2.75, 3.05) is 13.1 Å². The molecule has 2 aromatic carbocycles. The molecule has 2 N–H and O–H groups in total. The second kappa shape index (κ2) is 18.1. The first-order valence-corrected chi connectivity index (χ1v) is 11.7. The van der Waals surface area contributed by atoms with Crippen molar-refractivity contribution in [1.82, 2.24) is 0 Å². The SMILES string of the molecule is CC(=O)[O-].CC(=O)[O-].Cc1cc(C=NCCN=Cc2cc(C)cc(C(C)C)c2O)c(O)c(C(C)C)c1.[Co+2]. The molecule has 0 atom stereocenters. The van der Waals surface area contributed by atoms with Crippen LogP contribution >= 0.6 is 0 Å². The molecule has 2 rings (SSSR count). The number of hydrogen-bond donors (Lipinski definition) is 2. The Morgan fingerprint density at radius 2 is 1.03 bits per heavy atom. The summed E-state index contributed by atoms with van der Waals surface area (Å²) in [4.78, 5) is 26.6. The number of carboxylic acids is 2. The number of aromatic hydroxyl groups is 2. The maximum Gasteiger partial charge on any atom is 2.00 e. The molecule has 0 fully saturated rings. The minimum absolute atomic E-state index is 0. The van der Waals surface area contributed by atoms with E-state index in [-0.39, 0.29) is 28.6 Å². The van der Waals surface area contributed by atoms with Crippen LogP contribution in [0.5, 0.6) is 11.5 Å². The summed E-state index contributed by atoms with van der Waals surface area (Å²) in [6, 6.07) is 7.90. The second-order valence-electron chi connectivity index (χ2n) is 8.95. The van der Waals surface area contributed by atoms with Gasteiger partial charge < -0.3 is 30.0 Å². The molecule has 0 aromatic heterocycles. The van der Waals surface area contributed by atoms with Gasteiger partial charge in [0.15, 0.2) is 0 Å². The Balaban J connectivity index is 0. The van der Waals surface area contributed by atoms with E-state index in [0.29, 0.717) is 24.6 Å². The number of aliphatic carboxylic acids is 2. The summed E-state index contributed by atoms with van der Waals surface area (Å²) in [5, 5.41) is 38.6. The molecule has 8 nitrogen and oxygen atoms in total. The molecule has 0 aliphatic rings. The number of carbonyl (C=O) groups excluding carboxylic acids is 2. The molecule has 37 heavy (non-hydrogen) atoms. The standard InChI is InChI=1S/C24H32N2O2.2C2H4O2.Co/c1-15(2)21-11-17(5)9-19(23(21)27)13-25-7-8-26-14-20-10-18(6)12-22(16(3)4)24(20)28;2*1-2(3)4;/h9-16,27-28H,7-8H2,1-6H3;2*1H3,(H,3,4);/q;;;+2/p-2. The van der Waals surface area contributed by atoms with Crippen LogP contribution in [-0.4, -0.2) is 47.7 Å². The molecule has 0 bridgehead atoms. The summed E-state index contributed by atoms with van der Waals surface area (Å²) in [5.41, 5.74) is 5.58. The Labute approximate surface area is 230 Å². The van der Waals surface area contributed by atoms with Gasteiger partial charge in [-0.1, -0.05) is 39.8 Å².